The van der Waals surface area contributed by atoms with Crippen molar-refractivity contribution in [3.05, 3.63) is 74.6 Å². The second kappa shape index (κ2) is 5.29. The quantitative estimate of drug-likeness (QED) is 0.516. The molecule has 1 heterocycles. The average molecular weight is 349 g/mol. The molecule has 0 aliphatic heterocycles. The van der Waals surface area contributed by atoms with Crippen molar-refractivity contribution in [2.45, 2.75) is 6.54 Å². The van der Waals surface area contributed by atoms with Gasteiger partial charge in [0, 0.05) is 34.7 Å². The SMILES string of the molecule is O=[N+]([O-])c1ccc(Cn2ccc3c(F)cccc32)c(Br)c1. The molecular weight excluding hydrogens is 339 g/mol. The molecule has 0 N–H and O–H groups in total. The fourth-order valence-electron chi connectivity index (χ4n) is 2.29. The van der Waals surface area contributed by atoms with E-state index in [2.05, 4.69) is 15.9 Å². The van der Waals surface area contributed by atoms with E-state index in [1.165, 1.54) is 18.2 Å². The first kappa shape index (κ1) is 13.8. The third-order valence-electron chi connectivity index (χ3n) is 3.35. The molecule has 0 amide bonds. The summed E-state index contributed by atoms with van der Waals surface area (Å²) in [6.07, 6.45) is 1.81. The monoisotopic (exact) mass is 348 g/mol. The van der Waals surface area contributed by atoms with Crippen molar-refractivity contribution in [2.24, 2.45) is 0 Å². The Kier molecular flexibility index (Phi) is 3.47. The first-order valence-corrected chi connectivity index (χ1v) is 7.02. The minimum absolute atomic E-state index is 0.0361. The molecule has 0 aliphatic rings. The summed E-state index contributed by atoms with van der Waals surface area (Å²) in [6, 6.07) is 11.3. The number of aromatic nitrogens is 1. The van der Waals surface area contributed by atoms with Crippen LogP contribution in [-0.4, -0.2) is 9.49 Å². The summed E-state index contributed by atoms with van der Waals surface area (Å²) >= 11 is 3.35. The van der Waals surface area contributed by atoms with Gasteiger partial charge in [-0.1, -0.05) is 22.0 Å². The molecule has 2 aromatic carbocycles. The fourth-order valence-corrected chi connectivity index (χ4v) is 2.78. The average Bonchev–Trinajstić information content (AvgIpc) is 2.85. The molecule has 0 aliphatic carbocycles. The van der Waals surface area contributed by atoms with Gasteiger partial charge in [0.1, 0.15) is 5.82 Å². The van der Waals surface area contributed by atoms with Crippen LogP contribution in [0.3, 0.4) is 0 Å². The molecule has 0 fully saturated rings. The highest BCUT2D eigenvalue weighted by Crippen LogP contribution is 2.26. The van der Waals surface area contributed by atoms with E-state index in [0.717, 1.165) is 11.1 Å². The van der Waals surface area contributed by atoms with E-state index < -0.39 is 4.92 Å². The van der Waals surface area contributed by atoms with E-state index in [0.29, 0.717) is 16.4 Å². The first-order chi connectivity index (χ1) is 10.1. The normalized spacial score (nSPS) is 11.0. The number of hydrogen-bond acceptors (Lipinski definition) is 2. The highest BCUT2D eigenvalue weighted by atomic mass is 79.9. The molecule has 1 aromatic heterocycles. The molecular formula is C15H10BrFN2O2. The van der Waals surface area contributed by atoms with Gasteiger partial charge >= 0.3 is 0 Å². The Morgan fingerprint density at radius 2 is 2.05 bits per heavy atom. The molecule has 0 bridgehead atoms. The summed E-state index contributed by atoms with van der Waals surface area (Å²) in [7, 11) is 0. The maximum atomic E-state index is 13.7. The van der Waals surface area contributed by atoms with E-state index in [-0.39, 0.29) is 11.5 Å². The van der Waals surface area contributed by atoms with Crippen molar-refractivity contribution in [2.75, 3.05) is 0 Å². The van der Waals surface area contributed by atoms with Crippen LogP contribution in [0, 0.1) is 15.9 Å². The largest absolute Gasteiger partial charge is 0.343 e. The number of fused-ring (bicyclic) bond motifs is 1. The van der Waals surface area contributed by atoms with Gasteiger partial charge in [0.25, 0.3) is 5.69 Å². The summed E-state index contributed by atoms with van der Waals surface area (Å²) in [4.78, 5) is 10.3. The van der Waals surface area contributed by atoms with E-state index in [4.69, 9.17) is 0 Å². The Balaban J connectivity index is 1.99. The molecule has 0 saturated carbocycles. The Bertz CT molecular complexity index is 845. The zero-order valence-corrected chi connectivity index (χ0v) is 12.4. The van der Waals surface area contributed by atoms with Gasteiger partial charge in [-0.15, -0.1) is 0 Å². The van der Waals surface area contributed by atoms with Crippen molar-refractivity contribution >= 4 is 32.5 Å². The smallest absolute Gasteiger partial charge is 0.270 e. The van der Waals surface area contributed by atoms with Crippen LogP contribution in [0.2, 0.25) is 0 Å². The Labute approximate surface area is 128 Å². The summed E-state index contributed by atoms with van der Waals surface area (Å²) in [5.74, 6) is -0.256. The number of nitro groups is 1. The second-order valence-corrected chi connectivity index (χ2v) is 5.50. The van der Waals surface area contributed by atoms with Crippen LogP contribution in [0.25, 0.3) is 10.9 Å². The minimum Gasteiger partial charge on any atom is -0.343 e. The molecule has 6 heteroatoms. The maximum Gasteiger partial charge on any atom is 0.270 e. The highest BCUT2D eigenvalue weighted by molar-refractivity contribution is 9.10. The standard InChI is InChI=1S/C15H10BrFN2O2/c16-13-8-11(19(20)21)5-4-10(13)9-18-7-6-12-14(17)2-1-3-15(12)18/h1-8H,9H2. The molecule has 3 aromatic rings. The predicted octanol–water partition coefficient (Wildman–Crippen LogP) is 4.50. The van der Waals surface area contributed by atoms with Gasteiger partial charge in [0.2, 0.25) is 0 Å². The van der Waals surface area contributed by atoms with Crippen molar-refractivity contribution in [3.63, 3.8) is 0 Å². The molecule has 0 radical (unpaired) electrons. The lowest BCUT2D eigenvalue weighted by Gasteiger charge is -2.08. The first-order valence-electron chi connectivity index (χ1n) is 6.22. The van der Waals surface area contributed by atoms with Crippen LogP contribution >= 0.6 is 15.9 Å². The fraction of sp³-hybridized carbons (Fsp3) is 0.0667. The lowest BCUT2D eigenvalue weighted by Crippen LogP contribution is -1.99. The number of benzene rings is 2. The van der Waals surface area contributed by atoms with E-state index in [9.17, 15) is 14.5 Å². The van der Waals surface area contributed by atoms with Crippen molar-refractivity contribution in [1.82, 2.24) is 4.57 Å². The van der Waals surface area contributed by atoms with Gasteiger partial charge in [-0.05, 0) is 29.8 Å². The lowest BCUT2D eigenvalue weighted by atomic mass is 10.2. The summed E-state index contributed by atoms with van der Waals surface area (Å²) in [5.41, 5.74) is 1.72. The summed E-state index contributed by atoms with van der Waals surface area (Å²) in [6.45, 7) is 0.505. The van der Waals surface area contributed by atoms with E-state index in [1.54, 1.807) is 18.2 Å². The van der Waals surface area contributed by atoms with Gasteiger partial charge in [-0.3, -0.25) is 10.1 Å². The van der Waals surface area contributed by atoms with Gasteiger partial charge in [-0.2, -0.15) is 0 Å². The van der Waals surface area contributed by atoms with Gasteiger partial charge in [0.05, 0.1) is 10.4 Å². The second-order valence-electron chi connectivity index (χ2n) is 4.65. The zero-order chi connectivity index (χ0) is 15.0. The highest BCUT2D eigenvalue weighted by Gasteiger charge is 2.11. The topological polar surface area (TPSA) is 48.1 Å². The van der Waals surface area contributed by atoms with Crippen LogP contribution in [0.5, 0.6) is 0 Å². The van der Waals surface area contributed by atoms with Crippen LogP contribution in [0.1, 0.15) is 5.56 Å². The Morgan fingerprint density at radius 3 is 2.76 bits per heavy atom. The van der Waals surface area contributed by atoms with Crippen molar-refractivity contribution in [1.29, 1.82) is 0 Å². The van der Waals surface area contributed by atoms with Gasteiger partial charge in [-0.25, -0.2) is 4.39 Å². The Morgan fingerprint density at radius 1 is 1.24 bits per heavy atom. The number of non-ortho nitro benzene ring substituents is 1. The minimum atomic E-state index is -0.436. The van der Waals surface area contributed by atoms with Gasteiger partial charge in [0.15, 0.2) is 0 Å². The van der Waals surface area contributed by atoms with Crippen molar-refractivity contribution < 1.29 is 9.31 Å². The molecule has 0 unspecified atom stereocenters. The molecule has 0 spiro atoms. The molecule has 21 heavy (non-hydrogen) atoms. The van der Waals surface area contributed by atoms with Crippen LogP contribution in [0.15, 0.2) is 53.1 Å². The lowest BCUT2D eigenvalue weighted by molar-refractivity contribution is -0.384. The van der Waals surface area contributed by atoms with E-state index in [1.807, 2.05) is 16.8 Å². The summed E-state index contributed by atoms with van der Waals surface area (Å²) < 4.78 is 16.2. The maximum absolute atomic E-state index is 13.7. The third-order valence-corrected chi connectivity index (χ3v) is 4.09. The molecule has 4 nitrogen and oxygen atoms in total. The van der Waals surface area contributed by atoms with Gasteiger partial charge < -0.3 is 4.57 Å². The Hall–Kier alpha value is -2.21. The van der Waals surface area contributed by atoms with Crippen LogP contribution in [-0.2, 0) is 6.54 Å². The number of hydrogen-bond donors (Lipinski definition) is 0. The predicted molar refractivity (Wildman–Crippen MR) is 81.8 cm³/mol. The molecule has 0 atom stereocenters. The number of rotatable bonds is 3. The molecule has 3 rings (SSSR count). The zero-order valence-electron chi connectivity index (χ0n) is 10.8. The molecule has 106 valence electrons. The number of nitrogens with zero attached hydrogens (tertiary/aromatic N) is 2. The third kappa shape index (κ3) is 2.54. The van der Waals surface area contributed by atoms with Crippen molar-refractivity contribution in [3.8, 4) is 0 Å². The van der Waals surface area contributed by atoms with Crippen LogP contribution < -0.4 is 0 Å². The number of nitro benzene ring substituents is 1. The number of halogens is 2. The van der Waals surface area contributed by atoms with Crippen LogP contribution in [0.4, 0.5) is 10.1 Å². The molecule has 0 saturated heterocycles. The van der Waals surface area contributed by atoms with E-state index >= 15 is 0 Å². The summed E-state index contributed by atoms with van der Waals surface area (Å²) in [5, 5.41) is 11.3.